The van der Waals surface area contributed by atoms with Crippen LogP contribution in [0.15, 0.2) is 48.5 Å². The molecule has 0 atom stereocenters. The van der Waals surface area contributed by atoms with E-state index >= 15 is 0 Å². The fourth-order valence-electron chi connectivity index (χ4n) is 4.74. The van der Waals surface area contributed by atoms with E-state index in [9.17, 15) is 0 Å². The first-order chi connectivity index (χ1) is 16.3. The maximum absolute atomic E-state index is 5.00. The van der Waals surface area contributed by atoms with Gasteiger partial charge in [0, 0.05) is 17.9 Å². The summed E-state index contributed by atoms with van der Waals surface area (Å²) in [5, 5.41) is 19.5. The number of hydrogen-bond donors (Lipinski definition) is 1. The van der Waals surface area contributed by atoms with Gasteiger partial charge in [0.25, 0.3) is 0 Å². The summed E-state index contributed by atoms with van der Waals surface area (Å²) < 4.78 is 2.14. The van der Waals surface area contributed by atoms with Crippen LogP contribution in [-0.2, 0) is 13.0 Å². The van der Waals surface area contributed by atoms with Gasteiger partial charge in [-0.1, -0.05) is 81.1 Å². The number of nitrogens with zero attached hydrogens (tertiary/aromatic N) is 6. The molecular formula is C26H31N7. The number of tetrazole rings is 1. The van der Waals surface area contributed by atoms with Crippen molar-refractivity contribution in [2.75, 3.05) is 0 Å². The zero-order chi connectivity index (χ0) is 22.5. The Hall–Kier alpha value is -3.35. The summed E-state index contributed by atoms with van der Waals surface area (Å²) in [7, 11) is 0. The molecule has 0 radical (unpaired) electrons. The first-order valence-electron chi connectivity index (χ1n) is 12.2. The number of aromatic amines is 1. The third kappa shape index (κ3) is 4.87. The quantitative estimate of drug-likeness (QED) is 0.387. The van der Waals surface area contributed by atoms with Crippen LogP contribution in [0.3, 0.4) is 0 Å². The fraction of sp³-hybridized carbons (Fsp3) is 0.423. The van der Waals surface area contributed by atoms with Crippen molar-refractivity contribution in [3.8, 4) is 22.5 Å². The van der Waals surface area contributed by atoms with E-state index in [1.165, 1.54) is 44.1 Å². The number of nitrogens with one attached hydrogen (secondary N) is 1. The minimum Gasteiger partial charge on any atom is -0.245 e. The van der Waals surface area contributed by atoms with Gasteiger partial charge in [0.2, 0.25) is 5.82 Å². The second-order valence-corrected chi connectivity index (χ2v) is 8.96. The zero-order valence-corrected chi connectivity index (χ0v) is 19.2. The molecule has 0 amide bonds. The van der Waals surface area contributed by atoms with Crippen molar-refractivity contribution in [1.29, 1.82) is 0 Å². The summed E-state index contributed by atoms with van der Waals surface area (Å²) in [4.78, 5) is 5.00. The smallest absolute Gasteiger partial charge is 0.205 e. The zero-order valence-electron chi connectivity index (χ0n) is 19.2. The Morgan fingerprint density at radius 1 is 0.970 bits per heavy atom. The van der Waals surface area contributed by atoms with Crippen molar-refractivity contribution in [2.24, 2.45) is 0 Å². The summed E-state index contributed by atoms with van der Waals surface area (Å²) in [6.45, 7) is 2.99. The minimum atomic E-state index is 0.532. The third-order valence-corrected chi connectivity index (χ3v) is 6.60. The number of benzene rings is 2. The van der Waals surface area contributed by atoms with Crippen LogP contribution in [0.5, 0.6) is 0 Å². The second-order valence-electron chi connectivity index (χ2n) is 8.96. The lowest BCUT2D eigenvalue weighted by Crippen LogP contribution is -2.09. The van der Waals surface area contributed by atoms with E-state index in [4.69, 9.17) is 10.1 Å². The van der Waals surface area contributed by atoms with Crippen LogP contribution in [-0.4, -0.2) is 35.4 Å². The molecule has 4 aromatic rings. The van der Waals surface area contributed by atoms with E-state index in [-0.39, 0.29) is 0 Å². The monoisotopic (exact) mass is 441 g/mol. The maximum atomic E-state index is 5.00. The molecule has 170 valence electrons. The number of rotatable bonds is 8. The summed E-state index contributed by atoms with van der Waals surface area (Å²) in [5.74, 6) is 3.33. The first-order valence-corrected chi connectivity index (χ1v) is 12.2. The third-order valence-electron chi connectivity index (χ3n) is 6.60. The second kappa shape index (κ2) is 10.1. The van der Waals surface area contributed by atoms with Crippen LogP contribution in [0.1, 0.15) is 75.0 Å². The molecule has 0 bridgehead atoms. The van der Waals surface area contributed by atoms with Crippen molar-refractivity contribution in [1.82, 2.24) is 35.4 Å². The molecule has 7 nitrogen and oxygen atoms in total. The Morgan fingerprint density at radius 2 is 1.76 bits per heavy atom. The van der Waals surface area contributed by atoms with Crippen LogP contribution in [0.2, 0.25) is 0 Å². The van der Waals surface area contributed by atoms with Gasteiger partial charge in [-0.15, -0.1) is 10.2 Å². The summed E-state index contributed by atoms with van der Waals surface area (Å²) in [5.41, 5.74) is 4.42. The highest BCUT2D eigenvalue weighted by Gasteiger charge is 2.21. The Labute approximate surface area is 194 Å². The molecule has 1 fully saturated rings. The lowest BCUT2D eigenvalue weighted by atomic mass is 9.89. The van der Waals surface area contributed by atoms with Gasteiger partial charge < -0.3 is 0 Å². The SMILES string of the molecule is CCCCc1nc(C2CCCCC2)nn1Cc1ccc(-c2ccccc2-c2nn[nH]n2)cc1. The molecule has 0 saturated heterocycles. The van der Waals surface area contributed by atoms with Gasteiger partial charge in [-0.3, -0.25) is 0 Å². The highest BCUT2D eigenvalue weighted by Crippen LogP contribution is 2.32. The number of hydrogen-bond acceptors (Lipinski definition) is 5. The highest BCUT2D eigenvalue weighted by atomic mass is 15.5. The molecule has 1 aliphatic rings. The molecule has 2 aromatic carbocycles. The van der Waals surface area contributed by atoms with E-state index in [0.29, 0.717) is 11.7 Å². The normalized spacial score (nSPS) is 14.6. The summed E-state index contributed by atoms with van der Waals surface area (Å²) >= 11 is 0. The van der Waals surface area contributed by atoms with Crippen molar-refractivity contribution in [2.45, 2.75) is 70.8 Å². The predicted octanol–water partition coefficient (Wildman–Crippen LogP) is 5.56. The van der Waals surface area contributed by atoms with Gasteiger partial charge in [-0.2, -0.15) is 10.3 Å². The van der Waals surface area contributed by atoms with Crippen molar-refractivity contribution in [3.05, 3.63) is 65.7 Å². The van der Waals surface area contributed by atoms with E-state index in [1.54, 1.807) is 0 Å². The molecule has 0 spiro atoms. The standard InChI is InChI=1S/C26H31N7/c1-2-3-13-24-27-25(21-9-5-4-6-10-21)30-33(24)18-19-14-16-20(17-15-19)22-11-7-8-12-23(22)26-28-31-32-29-26/h7-8,11-12,14-17,21H,2-6,9-10,13,18H2,1H3,(H,28,29,31,32). The summed E-state index contributed by atoms with van der Waals surface area (Å²) in [6, 6.07) is 16.9. The molecule has 33 heavy (non-hydrogen) atoms. The average molecular weight is 442 g/mol. The minimum absolute atomic E-state index is 0.532. The van der Waals surface area contributed by atoms with Crippen molar-refractivity contribution in [3.63, 3.8) is 0 Å². The molecule has 2 heterocycles. The van der Waals surface area contributed by atoms with Crippen LogP contribution in [0.4, 0.5) is 0 Å². The van der Waals surface area contributed by atoms with Crippen LogP contribution >= 0.6 is 0 Å². The van der Waals surface area contributed by atoms with E-state index in [0.717, 1.165) is 47.7 Å². The van der Waals surface area contributed by atoms with Gasteiger partial charge in [0.15, 0.2) is 5.82 Å². The Morgan fingerprint density at radius 3 is 2.48 bits per heavy atom. The molecule has 5 rings (SSSR count). The van der Waals surface area contributed by atoms with Crippen molar-refractivity contribution >= 4 is 0 Å². The Balaban J connectivity index is 1.38. The van der Waals surface area contributed by atoms with Gasteiger partial charge in [0.1, 0.15) is 5.82 Å². The van der Waals surface area contributed by atoms with Crippen molar-refractivity contribution < 1.29 is 0 Å². The number of aromatic nitrogens is 7. The molecule has 1 aliphatic carbocycles. The predicted molar refractivity (Wildman–Crippen MR) is 129 cm³/mol. The number of H-pyrrole nitrogens is 1. The Kier molecular flexibility index (Phi) is 6.56. The topological polar surface area (TPSA) is 85.2 Å². The van der Waals surface area contributed by atoms with E-state index in [1.807, 2.05) is 18.2 Å². The highest BCUT2D eigenvalue weighted by molar-refractivity contribution is 5.80. The molecule has 1 N–H and O–H groups in total. The lowest BCUT2D eigenvalue weighted by Gasteiger charge is -2.18. The van der Waals surface area contributed by atoms with Gasteiger partial charge in [0.05, 0.1) is 6.54 Å². The van der Waals surface area contributed by atoms with Crippen LogP contribution in [0, 0.1) is 0 Å². The molecule has 7 heteroatoms. The maximum Gasteiger partial charge on any atom is 0.205 e. The average Bonchev–Trinajstić information content (AvgIpc) is 3.54. The molecule has 0 aliphatic heterocycles. The fourth-order valence-corrected chi connectivity index (χ4v) is 4.74. The largest absolute Gasteiger partial charge is 0.245 e. The molecule has 0 unspecified atom stereocenters. The number of aryl methyl sites for hydroxylation is 1. The van der Waals surface area contributed by atoms with E-state index < -0.39 is 0 Å². The van der Waals surface area contributed by atoms with Gasteiger partial charge in [-0.25, -0.2) is 9.67 Å². The van der Waals surface area contributed by atoms with E-state index in [2.05, 4.69) is 62.6 Å². The molecule has 1 saturated carbocycles. The first kappa shape index (κ1) is 21.5. The Bertz CT molecular complexity index is 1160. The van der Waals surface area contributed by atoms with Gasteiger partial charge in [-0.05, 0) is 41.2 Å². The lowest BCUT2D eigenvalue weighted by molar-refractivity contribution is 0.426. The van der Waals surface area contributed by atoms with Crippen LogP contribution < -0.4 is 0 Å². The molecule has 2 aromatic heterocycles. The molecular weight excluding hydrogens is 410 g/mol. The van der Waals surface area contributed by atoms with Crippen LogP contribution in [0.25, 0.3) is 22.5 Å². The summed E-state index contributed by atoms with van der Waals surface area (Å²) in [6.07, 6.45) is 9.72. The van der Waals surface area contributed by atoms with Gasteiger partial charge >= 0.3 is 0 Å². The number of unbranched alkanes of at least 4 members (excludes halogenated alkanes) is 1.